The first-order valence-electron chi connectivity index (χ1n) is 4.84. The van der Waals surface area contributed by atoms with Crippen LogP contribution in [-0.4, -0.2) is 66.9 Å². The van der Waals surface area contributed by atoms with E-state index in [2.05, 4.69) is 66.9 Å². The van der Waals surface area contributed by atoms with Crippen LogP contribution in [0.25, 0.3) is 23.2 Å². The summed E-state index contributed by atoms with van der Waals surface area (Å²) in [4.78, 5) is 4.17. The van der Waals surface area contributed by atoms with Gasteiger partial charge in [-0.05, 0) is 38.2 Å². The van der Waals surface area contributed by atoms with Gasteiger partial charge in [0.1, 0.15) is 5.69 Å². The van der Waals surface area contributed by atoms with Crippen molar-refractivity contribution >= 4 is 0 Å². The fraction of sp³-hybridized carbons (Fsp3) is 0.167. The Morgan fingerprint density at radius 2 is 1.11 bits per heavy atom. The van der Waals surface area contributed by atoms with E-state index in [0.717, 1.165) is 0 Å². The lowest BCUT2D eigenvalue weighted by molar-refractivity contribution is 0.676. The third-order valence-corrected chi connectivity index (χ3v) is 1.98. The average molecular weight is 257 g/mol. The Bertz CT molecular complexity index is 684. The molecule has 0 aromatic carbocycles. The van der Waals surface area contributed by atoms with Gasteiger partial charge in [-0.3, -0.25) is 0 Å². The van der Waals surface area contributed by atoms with Gasteiger partial charge in [0.2, 0.25) is 17.5 Å². The normalized spacial score (nSPS) is 10.4. The molecular weight excluding hydrogens is 254 g/mol. The van der Waals surface area contributed by atoms with Crippen molar-refractivity contribution in [2.24, 2.45) is 0 Å². The Labute approximate surface area is 103 Å². The number of rotatable bonds is 2. The summed E-state index contributed by atoms with van der Waals surface area (Å²) in [5.74, 6) is 0.362. The summed E-state index contributed by atoms with van der Waals surface area (Å²) in [5.41, 5.74) is 0.835. The number of hydrogen-bond acceptors (Lipinski definition) is 13. The molecule has 3 aromatic heterocycles. The molecule has 0 unspecified atom stereocenters. The first-order valence-corrected chi connectivity index (χ1v) is 4.84. The molecule has 0 spiro atoms. The van der Waals surface area contributed by atoms with Gasteiger partial charge >= 0.3 is 0 Å². The van der Waals surface area contributed by atoms with Crippen molar-refractivity contribution in [3.8, 4) is 23.2 Å². The highest BCUT2D eigenvalue weighted by Crippen LogP contribution is 2.15. The number of aromatic nitrogens is 13. The van der Waals surface area contributed by atoms with E-state index in [-0.39, 0.29) is 17.5 Å². The molecule has 0 saturated carbocycles. The van der Waals surface area contributed by atoms with Gasteiger partial charge in [0.05, 0.1) is 5.69 Å². The predicted octanol–water partition coefficient (Wildman–Crippen LogP) is -2.54. The predicted molar refractivity (Wildman–Crippen MR) is 53.4 cm³/mol. The van der Waals surface area contributed by atoms with Gasteiger partial charge in [-0.2, -0.15) is 5.10 Å². The highest BCUT2D eigenvalue weighted by atomic mass is 15.5. The van der Waals surface area contributed by atoms with Crippen LogP contribution in [0, 0.1) is 6.92 Å². The standard InChI is InChI=1S/C6H3N13/c1-2-3(4-10-14-18-15-11-4)7-5(9-8-2)6-12-16-19-17-13-6/h1H3. The Hall–Kier alpha value is -3.25. The zero-order valence-corrected chi connectivity index (χ0v) is 9.31. The molecule has 0 aliphatic heterocycles. The highest BCUT2D eigenvalue weighted by Gasteiger charge is 2.15. The zero-order valence-electron chi connectivity index (χ0n) is 9.31. The van der Waals surface area contributed by atoms with E-state index < -0.39 is 0 Å². The quantitative estimate of drug-likeness (QED) is 0.471. The first kappa shape index (κ1) is 10.9. The molecule has 0 atom stereocenters. The lowest BCUT2D eigenvalue weighted by Crippen LogP contribution is -2.07. The van der Waals surface area contributed by atoms with Gasteiger partial charge in [-0.25, -0.2) is 4.98 Å². The molecule has 0 radical (unpaired) electrons. The van der Waals surface area contributed by atoms with Crippen LogP contribution in [0.2, 0.25) is 0 Å². The molecule has 0 bridgehead atoms. The van der Waals surface area contributed by atoms with E-state index in [0.29, 0.717) is 11.4 Å². The maximum Gasteiger partial charge on any atom is 0.246 e. The lowest BCUT2D eigenvalue weighted by Gasteiger charge is -2.01. The van der Waals surface area contributed by atoms with Gasteiger partial charge in [0.25, 0.3) is 0 Å². The second-order valence-electron chi connectivity index (χ2n) is 3.15. The van der Waals surface area contributed by atoms with Crippen LogP contribution in [0.4, 0.5) is 0 Å². The number of aryl methyl sites for hydroxylation is 1. The highest BCUT2D eigenvalue weighted by molar-refractivity contribution is 5.54. The number of nitrogens with zero attached hydrogens (tertiary/aromatic N) is 13. The van der Waals surface area contributed by atoms with Crippen molar-refractivity contribution in [3.63, 3.8) is 0 Å². The van der Waals surface area contributed by atoms with E-state index in [1.54, 1.807) is 6.92 Å². The molecule has 13 heteroatoms. The minimum Gasteiger partial charge on any atom is -0.218 e. The van der Waals surface area contributed by atoms with E-state index in [4.69, 9.17) is 0 Å². The molecule has 0 saturated heterocycles. The van der Waals surface area contributed by atoms with Gasteiger partial charge in [-0.15, -0.1) is 25.5 Å². The van der Waals surface area contributed by atoms with Crippen LogP contribution in [0.5, 0.6) is 0 Å². The molecule has 3 heterocycles. The summed E-state index contributed by atoms with van der Waals surface area (Å²) in [6.45, 7) is 1.69. The molecule has 0 amide bonds. The Kier molecular flexibility index (Phi) is 2.61. The molecule has 0 N–H and O–H groups in total. The van der Waals surface area contributed by atoms with Gasteiger partial charge < -0.3 is 0 Å². The molecule has 3 rings (SSSR count). The smallest absolute Gasteiger partial charge is 0.218 e. The third-order valence-electron chi connectivity index (χ3n) is 1.98. The maximum absolute atomic E-state index is 4.17. The van der Waals surface area contributed by atoms with Gasteiger partial charge in [-0.1, -0.05) is 0 Å². The van der Waals surface area contributed by atoms with Crippen molar-refractivity contribution in [2.45, 2.75) is 6.92 Å². The molecule has 0 aliphatic carbocycles. The van der Waals surface area contributed by atoms with Crippen molar-refractivity contribution in [3.05, 3.63) is 5.69 Å². The largest absolute Gasteiger partial charge is 0.246 e. The molecule has 13 nitrogen and oxygen atoms in total. The summed E-state index contributed by atoms with van der Waals surface area (Å²) < 4.78 is 0. The second-order valence-corrected chi connectivity index (χ2v) is 3.15. The van der Waals surface area contributed by atoms with Crippen molar-refractivity contribution in [1.82, 2.24) is 66.9 Å². The zero-order chi connectivity index (χ0) is 13.1. The summed E-state index contributed by atoms with van der Waals surface area (Å²) >= 11 is 0. The molecule has 3 aromatic rings. The molecular formula is C6H3N13. The molecule has 92 valence electrons. The van der Waals surface area contributed by atoms with Crippen LogP contribution in [0.3, 0.4) is 0 Å². The van der Waals surface area contributed by atoms with E-state index in [9.17, 15) is 0 Å². The molecule has 19 heavy (non-hydrogen) atoms. The van der Waals surface area contributed by atoms with E-state index in [1.807, 2.05) is 0 Å². The fourth-order valence-corrected chi connectivity index (χ4v) is 1.19. The summed E-state index contributed by atoms with van der Waals surface area (Å²) in [7, 11) is 0. The van der Waals surface area contributed by atoms with E-state index >= 15 is 0 Å². The van der Waals surface area contributed by atoms with Crippen molar-refractivity contribution in [1.29, 1.82) is 0 Å². The van der Waals surface area contributed by atoms with Crippen LogP contribution in [0.15, 0.2) is 0 Å². The van der Waals surface area contributed by atoms with Crippen molar-refractivity contribution in [2.75, 3.05) is 0 Å². The van der Waals surface area contributed by atoms with Crippen LogP contribution < -0.4 is 0 Å². The van der Waals surface area contributed by atoms with Crippen LogP contribution in [-0.2, 0) is 0 Å². The minimum absolute atomic E-state index is 0.0822. The third kappa shape index (κ3) is 2.11. The monoisotopic (exact) mass is 257 g/mol. The SMILES string of the molecule is Cc1nnc(-c2nnnnn2)nc1-c1nnnnn1. The Balaban J connectivity index is 2.12. The second kappa shape index (κ2) is 4.55. The van der Waals surface area contributed by atoms with Crippen molar-refractivity contribution < 1.29 is 0 Å². The Morgan fingerprint density at radius 3 is 1.74 bits per heavy atom. The number of hydrogen-bond donors (Lipinski definition) is 0. The fourth-order valence-electron chi connectivity index (χ4n) is 1.19. The van der Waals surface area contributed by atoms with Crippen LogP contribution in [0.1, 0.15) is 5.69 Å². The van der Waals surface area contributed by atoms with Gasteiger partial charge in [0, 0.05) is 0 Å². The van der Waals surface area contributed by atoms with Crippen LogP contribution >= 0.6 is 0 Å². The average Bonchev–Trinajstić information content (AvgIpc) is 2.49. The summed E-state index contributed by atoms with van der Waals surface area (Å²) in [5, 5.41) is 42.3. The molecule has 0 aliphatic rings. The van der Waals surface area contributed by atoms with E-state index in [1.165, 1.54) is 0 Å². The minimum atomic E-state index is 0.0822. The molecule has 0 fully saturated rings. The summed E-state index contributed by atoms with van der Waals surface area (Å²) in [6, 6.07) is 0. The van der Waals surface area contributed by atoms with Gasteiger partial charge in [0.15, 0.2) is 0 Å². The topological polar surface area (TPSA) is 168 Å². The Morgan fingerprint density at radius 1 is 0.526 bits per heavy atom. The maximum atomic E-state index is 4.17. The first-order chi connectivity index (χ1) is 9.34. The lowest BCUT2D eigenvalue weighted by atomic mass is 10.3. The summed E-state index contributed by atoms with van der Waals surface area (Å²) in [6.07, 6.45) is 0.